The normalized spacial score (nSPS) is 34.4. The van der Waals surface area contributed by atoms with Crippen molar-refractivity contribution in [2.45, 2.75) is 25.4 Å². The molecule has 66 valence electrons. The zero-order chi connectivity index (χ0) is 8.39. The van der Waals surface area contributed by atoms with Gasteiger partial charge in [0.15, 0.2) is 0 Å². The van der Waals surface area contributed by atoms with Gasteiger partial charge in [-0.2, -0.15) is 0 Å². The topological polar surface area (TPSA) is 29.5 Å². The van der Waals surface area contributed by atoms with Crippen LogP contribution in [0, 0.1) is 23.7 Å². The first-order valence-corrected chi connectivity index (χ1v) is 4.60. The van der Waals surface area contributed by atoms with Gasteiger partial charge in [-0.05, 0) is 12.8 Å². The van der Waals surface area contributed by atoms with Crippen LogP contribution < -0.4 is 0 Å². The molecule has 0 aromatic carbocycles. The Kier molecular flexibility index (Phi) is 2.34. The summed E-state index contributed by atoms with van der Waals surface area (Å²) in [6.45, 7) is 1.18. The quantitative estimate of drug-likeness (QED) is 0.584. The van der Waals surface area contributed by atoms with Crippen molar-refractivity contribution < 1.29 is 9.84 Å². The van der Waals surface area contributed by atoms with E-state index in [9.17, 15) is 5.11 Å². The fourth-order valence-corrected chi connectivity index (χ4v) is 1.34. The van der Waals surface area contributed by atoms with E-state index in [1.165, 1.54) is 12.8 Å². The lowest BCUT2D eigenvalue weighted by Crippen LogP contribution is -2.16. The molecule has 2 heteroatoms. The van der Waals surface area contributed by atoms with Gasteiger partial charge in [0.2, 0.25) is 0 Å². The Morgan fingerprint density at radius 3 is 2.75 bits per heavy atom. The molecule has 12 heavy (non-hydrogen) atoms. The highest BCUT2D eigenvalue weighted by Crippen LogP contribution is 2.27. The van der Waals surface area contributed by atoms with Crippen molar-refractivity contribution in [1.82, 2.24) is 0 Å². The van der Waals surface area contributed by atoms with Gasteiger partial charge in [-0.3, -0.25) is 0 Å². The van der Waals surface area contributed by atoms with Crippen LogP contribution >= 0.6 is 0 Å². The van der Waals surface area contributed by atoms with Gasteiger partial charge < -0.3 is 9.84 Å². The highest BCUT2D eigenvalue weighted by molar-refractivity contribution is 5.10. The lowest BCUT2D eigenvalue weighted by Gasteiger charge is -2.06. The predicted molar refractivity (Wildman–Crippen MR) is 45.4 cm³/mol. The summed E-state index contributed by atoms with van der Waals surface area (Å²) >= 11 is 0. The maximum atomic E-state index is 9.38. The minimum Gasteiger partial charge on any atom is -0.390 e. The van der Waals surface area contributed by atoms with Crippen LogP contribution in [0.25, 0.3) is 0 Å². The number of hydrogen-bond acceptors (Lipinski definition) is 2. The number of aliphatic hydroxyl groups excluding tert-OH is 1. The molecule has 2 atom stereocenters. The Bertz CT molecular complexity index is 210. The summed E-state index contributed by atoms with van der Waals surface area (Å²) in [4.78, 5) is 0. The van der Waals surface area contributed by atoms with E-state index in [0.717, 1.165) is 6.42 Å². The highest BCUT2D eigenvalue weighted by Gasteiger charge is 2.25. The molecule has 0 spiro atoms. The first-order valence-electron chi connectivity index (χ1n) is 4.60. The van der Waals surface area contributed by atoms with Crippen molar-refractivity contribution in [2.75, 3.05) is 13.2 Å². The second-order valence-electron chi connectivity index (χ2n) is 3.66. The largest absolute Gasteiger partial charge is 0.390 e. The number of aliphatic hydroxyl groups is 1. The van der Waals surface area contributed by atoms with Gasteiger partial charge in [-0.1, -0.05) is 5.92 Å². The zero-order valence-corrected chi connectivity index (χ0v) is 7.12. The van der Waals surface area contributed by atoms with Crippen LogP contribution in [0.15, 0.2) is 0 Å². The Labute approximate surface area is 72.9 Å². The van der Waals surface area contributed by atoms with E-state index in [1.54, 1.807) is 0 Å². The molecular formula is C10H14O2. The van der Waals surface area contributed by atoms with Crippen LogP contribution in [0.4, 0.5) is 0 Å². The Morgan fingerprint density at radius 1 is 1.33 bits per heavy atom. The molecule has 0 radical (unpaired) electrons. The van der Waals surface area contributed by atoms with Crippen LogP contribution in [0.3, 0.4) is 0 Å². The van der Waals surface area contributed by atoms with E-state index in [2.05, 4.69) is 11.8 Å². The van der Waals surface area contributed by atoms with Crippen LogP contribution in [0.1, 0.15) is 19.3 Å². The van der Waals surface area contributed by atoms with Gasteiger partial charge in [0.25, 0.3) is 0 Å². The number of rotatable bonds is 1. The van der Waals surface area contributed by atoms with Gasteiger partial charge in [0, 0.05) is 18.3 Å². The zero-order valence-electron chi connectivity index (χ0n) is 7.12. The molecule has 2 fully saturated rings. The van der Waals surface area contributed by atoms with Crippen molar-refractivity contribution in [3.05, 3.63) is 0 Å². The molecule has 0 aromatic rings. The van der Waals surface area contributed by atoms with E-state index in [-0.39, 0.29) is 12.0 Å². The molecule has 1 heterocycles. The van der Waals surface area contributed by atoms with Gasteiger partial charge in [-0.15, -0.1) is 5.92 Å². The van der Waals surface area contributed by atoms with Crippen molar-refractivity contribution in [3.63, 3.8) is 0 Å². The first-order chi connectivity index (χ1) is 5.86. The summed E-state index contributed by atoms with van der Waals surface area (Å²) in [7, 11) is 0. The van der Waals surface area contributed by atoms with E-state index in [0.29, 0.717) is 19.1 Å². The molecule has 0 aromatic heterocycles. The lowest BCUT2D eigenvalue weighted by atomic mass is 10.0. The molecule has 2 unspecified atom stereocenters. The predicted octanol–water partition coefficient (Wildman–Crippen LogP) is 0.797. The molecule has 1 aliphatic carbocycles. The van der Waals surface area contributed by atoms with E-state index < -0.39 is 0 Å². The van der Waals surface area contributed by atoms with E-state index in [1.807, 2.05) is 0 Å². The molecule has 1 N–H and O–H groups in total. The van der Waals surface area contributed by atoms with Crippen LogP contribution in [0.5, 0.6) is 0 Å². The molecule has 0 amide bonds. The summed E-state index contributed by atoms with van der Waals surface area (Å²) in [6.07, 6.45) is 3.07. The summed E-state index contributed by atoms with van der Waals surface area (Å²) < 4.78 is 5.12. The van der Waals surface area contributed by atoms with Crippen LogP contribution in [-0.2, 0) is 4.74 Å². The summed E-state index contributed by atoms with van der Waals surface area (Å²) in [5.41, 5.74) is 0. The standard InChI is InChI=1S/C10H14O2/c11-10-7-12-6-9(10)3-1-2-8-4-5-8/h8-11H,3-7H2. The maximum Gasteiger partial charge on any atom is 0.0832 e. The van der Waals surface area contributed by atoms with Crippen molar-refractivity contribution in [2.24, 2.45) is 11.8 Å². The monoisotopic (exact) mass is 166 g/mol. The maximum absolute atomic E-state index is 9.38. The second-order valence-corrected chi connectivity index (χ2v) is 3.66. The highest BCUT2D eigenvalue weighted by atomic mass is 16.5. The molecule has 0 bridgehead atoms. The summed E-state index contributed by atoms with van der Waals surface area (Å²) in [5, 5.41) is 9.38. The van der Waals surface area contributed by atoms with Gasteiger partial charge in [0.05, 0.1) is 19.3 Å². The Balaban J connectivity index is 1.75. The lowest BCUT2D eigenvalue weighted by molar-refractivity contribution is 0.119. The molecule has 2 nitrogen and oxygen atoms in total. The van der Waals surface area contributed by atoms with Crippen molar-refractivity contribution in [3.8, 4) is 11.8 Å². The molecule has 2 aliphatic rings. The summed E-state index contributed by atoms with van der Waals surface area (Å²) in [6, 6.07) is 0. The van der Waals surface area contributed by atoms with E-state index in [4.69, 9.17) is 4.74 Å². The van der Waals surface area contributed by atoms with Crippen LogP contribution in [-0.4, -0.2) is 24.4 Å². The number of ether oxygens (including phenoxy) is 1. The van der Waals surface area contributed by atoms with Gasteiger partial charge in [0.1, 0.15) is 0 Å². The Hall–Kier alpha value is -0.520. The minimum absolute atomic E-state index is 0.260. The van der Waals surface area contributed by atoms with Crippen LogP contribution in [0.2, 0.25) is 0 Å². The average molecular weight is 166 g/mol. The molecule has 1 saturated heterocycles. The first kappa shape index (κ1) is 8.10. The summed E-state index contributed by atoms with van der Waals surface area (Å²) in [5.74, 6) is 7.25. The smallest absolute Gasteiger partial charge is 0.0832 e. The Morgan fingerprint density at radius 2 is 2.17 bits per heavy atom. The third-order valence-electron chi connectivity index (χ3n) is 2.41. The average Bonchev–Trinajstić information content (AvgIpc) is 2.78. The molecular weight excluding hydrogens is 152 g/mol. The minimum atomic E-state index is -0.279. The molecule has 1 aliphatic heterocycles. The fraction of sp³-hybridized carbons (Fsp3) is 0.800. The third-order valence-corrected chi connectivity index (χ3v) is 2.41. The molecule has 2 rings (SSSR count). The second kappa shape index (κ2) is 3.47. The SMILES string of the molecule is OC1COCC1CC#CC1CC1. The van der Waals surface area contributed by atoms with Crippen molar-refractivity contribution in [1.29, 1.82) is 0 Å². The third kappa shape index (κ3) is 2.00. The van der Waals surface area contributed by atoms with Gasteiger partial charge >= 0.3 is 0 Å². The van der Waals surface area contributed by atoms with Crippen molar-refractivity contribution >= 4 is 0 Å². The fourth-order valence-electron chi connectivity index (χ4n) is 1.34. The number of hydrogen-bond donors (Lipinski definition) is 1. The van der Waals surface area contributed by atoms with E-state index >= 15 is 0 Å². The molecule has 1 saturated carbocycles. The van der Waals surface area contributed by atoms with Gasteiger partial charge in [-0.25, -0.2) is 0 Å².